The molecular weight excluding hydrogens is 574 g/mol. The van der Waals surface area contributed by atoms with Crippen LogP contribution in [0.3, 0.4) is 0 Å². The van der Waals surface area contributed by atoms with Gasteiger partial charge in [0.1, 0.15) is 12.4 Å². The Morgan fingerprint density at radius 1 is 0.795 bits per heavy atom. The summed E-state index contributed by atoms with van der Waals surface area (Å²) in [5.74, 6) is -4.29. The van der Waals surface area contributed by atoms with Gasteiger partial charge in [-0.05, 0) is 97.5 Å². The van der Waals surface area contributed by atoms with Crippen LogP contribution in [-0.4, -0.2) is 49.0 Å². The number of carbonyl (C=O) groups is 2. The Morgan fingerprint density at radius 3 is 1.91 bits per heavy atom. The second kappa shape index (κ2) is 14.5. The van der Waals surface area contributed by atoms with Crippen molar-refractivity contribution in [3.63, 3.8) is 0 Å². The third kappa shape index (κ3) is 8.21. The molecule has 1 amide bonds. The van der Waals surface area contributed by atoms with Crippen molar-refractivity contribution in [2.45, 2.75) is 38.1 Å². The molecule has 10 heteroatoms. The van der Waals surface area contributed by atoms with E-state index < -0.39 is 29.3 Å². The van der Waals surface area contributed by atoms with Crippen molar-refractivity contribution in [3.8, 4) is 5.75 Å². The Balaban J connectivity index is 1.27. The lowest BCUT2D eigenvalue weighted by Crippen LogP contribution is -2.43. The number of Topliss-reactive ketones (excluding diaryl/α,β-unsaturated/α-hetero) is 1. The van der Waals surface area contributed by atoms with Crippen LogP contribution in [0.2, 0.25) is 0 Å². The predicted octanol–water partition coefficient (Wildman–Crippen LogP) is 6.24. The van der Waals surface area contributed by atoms with Gasteiger partial charge in [-0.1, -0.05) is 18.6 Å². The molecule has 2 fully saturated rings. The number of nitrogens with one attached hydrogen (secondary N) is 2. The minimum absolute atomic E-state index is 0.129. The molecule has 1 heterocycles. The van der Waals surface area contributed by atoms with Crippen molar-refractivity contribution >= 4 is 23.8 Å². The normalized spacial score (nSPS) is 19.4. The van der Waals surface area contributed by atoms with Crippen LogP contribution in [0.15, 0.2) is 71.8 Å². The Hall–Kier alpha value is -4.28. The van der Waals surface area contributed by atoms with Crippen LogP contribution >= 0.6 is 0 Å². The number of carbonyl (C=O) groups excluding carboxylic acids is 2. The number of piperidine rings is 1. The van der Waals surface area contributed by atoms with Crippen molar-refractivity contribution in [2.75, 3.05) is 26.2 Å². The summed E-state index contributed by atoms with van der Waals surface area (Å²) >= 11 is 0. The maximum Gasteiger partial charge on any atom is 0.251 e. The molecule has 1 aliphatic heterocycles. The van der Waals surface area contributed by atoms with Gasteiger partial charge in [0.05, 0.1) is 0 Å². The van der Waals surface area contributed by atoms with Crippen LogP contribution < -0.4 is 15.5 Å². The van der Waals surface area contributed by atoms with Crippen molar-refractivity contribution < 1.29 is 31.9 Å². The summed E-state index contributed by atoms with van der Waals surface area (Å²) in [5.41, 5.74) is 4.79. The minimum Gasteiger partial charge on any atom is -0.492 e. The van der Waals surface area contributed by atoms with Crippen LogP contribution in [-0.2, 0) is 4.79 Å². The molecule has 1 saturated heterocycles. The largest absolute Gasteiger partial charge is 0.492 e. The number of hydrogen-bond donors (Lipinski definition) is 2. The molecule has 3 aromatic rings. The summed E-state index contributed by atoms with van der Waals surface area (Å²) in [5, 5.41) is 5.14. The molecule has 5 rings (SSSR count). The van der Waals surface area contributed by atoms with E-state index in [0.29, 0.717) is 24.5 Å². The molecular formula is C34H33F4N3O3. The topological polar surface area (TPSA) is 70.7 Å². The third-order valence-corrected chi connectivity index (χ3v) is 7.60. The molecule has 230 valence electrons. The molecule has 6 nitrogen and oxygen atoms in total. The average molecular weight is 608 g/mol. The van der Waals surface area contributed by atoms with E-state index in [1.165, 1.54) is 43.5 Å². The fourth-order valence-corrected chi connectivity index (χ4v) is 5.35. The fraction of sp³-hybridized carbons (Fsp3) is 0.294. The van der Waals surface area contributed by atoms with E-state index in [2.05, 4.69) is 15.8 Å². The number of rotatable bonds is 9. The Kier molecular flexibility index (Phi) is 10.2. The Labute approximate surface area is 253 Å². The molecule has 0 unspecified atom stereocenters. The number of hydrazine groups is 1. The van der Waals surface area contributed by atoms with Crippen LogP contribution in [0.5, 0.6) is 5.75 Å². The van der Waals surface area contributed by atoms with Gasteiger partial charge in [0.15, 0.2) is 29.1 Å². The highest BCUT2D eigenvalue weighted by molar-refractivity contribution is 6.14. The number of ether oxygens (including phenoxy) is 1. The van der Waals surface area contributed by atoms with Crippen molar-refractivity contribution in [1.29, 1.82) is 0 Å². The number of halogens is 4. The van der Waals surface area contributed by atoms with Gasteiger partial charge in [0, 0.05) is 42.4 Å². The fourth-order valence-electron chi connectivity index (χ4n) is 5.35. The molecule has 0 aromatic heterocycles. The molecule has 0 radical (unpaired) electrons. The summed E-state index contributed by atoms with van der Waals surface area (Å²) in [6, 6.07) is 12.7. The number of benzene rings is 3. The molecule has 0 atom stereocenters. The number of nitrogens with zero attached hydrogens (tertiary/aromatic N) is 1. The highest BCUT2D eigenvalue weighted by Crippen LogP contribution is 2.30. The van der Waals surface area contributed by atoms with Crippen LogP contribution in [0.4, 0.5) is 17.6 Å². The second-order valence-corrected chi connectivity index (χ2v) is 10.9. The summed E-state index contributed by atoms with van der Waals surface area (Å²) < 4.78 is 60.4. The predicted molar refractivity (Wildman–Crippen MR) is 160 cm³/mol. The molecule has 1 aliphatic carbocycles. The van der Waals surface area contributed by atoms with Gasteiger partial charge in [-0.25, -0.2) is 22.6 Å². The quantitative estimate of drug-likeness (QED) is 0.171. The van der Waals surface area contributed by atoms with E-state index in [0.717, 1.165) is 37.4 Å². The van der Waals surface area contributed by atoms with E-state index in [1.54, 1.807) is 24.3 Å². The van der Waals surface area contributed by atoms with Crippen LogP contribution in [0, 0.1) is 23.3 Å². The van der Waals surface area contributed by atoms with E-state index in [4.69, 9.17) is 4.74 Å². The molecule has 44 heavy (non-hydrogen) atoms. The van der Waals surface area contributed by atoms with Crippen LogP contribution in [0.1, 0.15) is 53.6 Å². The first-order valence-corrected chi connectivity index (χ1v) is 14.6. The van der Waals surface area contributed by atoms with E-state index in [-0.39, 0.29) is 46.8 Å². The molecule has 0 spiro atoms. The molecule has 1 saturated carbocycles. The zero-order valence-corrected chi connectivity index (χ0v) is 24.1. The van der Waals surface area contributed by atoms with Gasteiger partial charge in [0.25, 0.3) is 5.91 Å². The lowest BCUT2D eigenvalue weighted by molar-refractivity contribution is -0.113. The van der Waals surface area contributed by atoms with Gasteiger partial charge in [0.2, 0.25) is 0 Å². The first-order valence-electron chi connectivity index (χ1n) is 14.6. The van der Waals surface area contributed by atoms with Crippen molar-refractivity contribution in [2.24, 2.45) is 0 Å². The first-order chi connectivity index (χ1) is 21.2. The van der Waals surface area contributed by atoms with E-state index in [9.17, 15) is 27.2 Å². The maximum absolute atomic E-state index is 13.9. The summed E-state index contributed by atoms with van der Waals surface area (Å²) in [6.07, 6.45) is 6.77. The zero-order valence-electron chi connectivity index (χ0n) is 24.1. The maximum atomic E-state index is 13.9. The Bertz CT molecular complexity index is 1490. The van der Waals surface area contributed by atoms with Crippen molar-refractivity contribution in [3.05, 3.63) is 112 Å². The van der Waals surface area contributed by atoms with E-state index >= 15 is 0 Å². The summed E-state index contributed by atoms with van der Waals surface area (Å²) in [4.78, 5) is 26.5. The second-order valence-electron chi connectivity index (χ2n) is 10.9. The van der Waals surface area contributed by atoms with Gasteiger partial charge >= 0.3 is 0 Å². The smallest absolute Gasteiger partial charge is 0.251 e. The number of hydrogen-bond acceptors (Lipinski definition) is 5. The van der Waals surface area contributed by atoms with Gasteiger partial charge in [-0.15, -0.1) is 0 Å². The Morgan fingerprint density at radius 2 is 1.36 bits per heavy atom. The lowest BCUT2D eigenvalue weighted by atomic mass is 9.83. The molecule has 0 bridgehead atoms. The minimum atomic E-state index is -1.06. The summed E-state index contributed by atoms with van der Waals surface area (Å²) in [7, 11) is 0. The highest BCUT2D eigenvalue weighted by atomic mass is 19.2. The zero-order chi connectivity index (χ0) is 31.1. The monoisotopic (exact) mass is 607 g/mol. The average Bonchev–Trinajstić information content (AvgIpc) is 3.02. The molecule has 2 N–H and O–H groups in total. The van der Waals surface area contributed by atoms with Gasteiger partial charge in [-0.3, -0.25) is 15.0 Å². The lowest BCUT2D eigenvalue weighted by Gasteiger charge is -2.27. The molecule has 3 aromatic carbocycles. The summed E-state index contributed by atoms with van der Waals surface area (Å²) in [6.45, 7) is 3.20. The SMILES string of the molecule is O=C1/C(=C/c2ccc(F)c(F)c2)CC(NC(=O)c2ccc(OCCNN3CCCCC3)cc2)C/C1=C\c1ccc(F)c(F)c1. The van der Waals surface area contributed by atoms with Gasteiger partial charge < -0.3 is 10.1 Å². The van der Waals surface area contributed by atoms with Gasteiger partial charge in [-0.2, -0.15) is 0 Å². The molecule has 2 aliphatic rings. The van der Waals surface area contributed by atoms with E-state index in [1.807, 2.05) is 0 Å². The number of amides is 1. The third-order valence-electron chi connectivity index (χ3n) is 7.60. The van der Waals surface area contributed by atoms with Crippen molar-refractivity contribution in [1.82, 2.24) is 15.8 Å². The first kappa shape index (κ1) is 31.2. The van der Waals surface area contributed by atoms with Crippen LogP contribution in [0.25, 0.3) is 12.2 Å². The standard InChI is InChI=1S/C34H33F4N3O3/c35-29-10-4-22(18-31(29)37)16-25-20-27(21-26(33(25)42)17-23-5-11-30(36)32(38)19-23)40-34(43)24-6-8-28(9-7-24)44-15-12-39-41-13-2-1-3-14-41/h4-11,16-19,27,39H,1-3,12-15,20-21H2,(H,40,43)/b25-16+,26-17+. The number of ketones is 1. The highest BCUT2D eigenvalue weighted by Gasteiger charge is 2.29.